The second kappa shape index (κ2) is 3.60. The molecule has 0 unspecified atom stereocenters. The number of hydrogen-bond acceptors (Lipinski definition) is 2. The second-order valence-electron chi connectivity index (χ2n) is 1.39. The SMILES string of the molecule is C=N/C=C\C(=C)C(N)=O. The van der Waals surface area contributed by atoms with Crippen LogP contribution in [0.25, 0.3) is 0 Å². The maximum Gasteiger partial charge on any atom is 0.248 e. The molecule has 0 aliphatic heterocycles. The minimum atomic E-state index is -0.546. The lowest BCUT2D eigenvalue weighted by atomic mass is 10.3. The highest BCUT2D eigenvalue weighted by molar-refractivity contribution is 5.93. The predicted molar refractivity (Wildman–Crippen MR) is 37.0 cm³/mol. The smallest absolute Gasteiger partial charge is 0.248 e. The molecule has 0 aromatic heterocycles. The first kappa shape index (κ1) is 7.62. The lowest BCUT2D eigenvalue weighted by Crippen LogP contribution is -2.11. The average Bonchev–Trinajstić information content (AvgIpc) is 1.82. The van der Waals surface area contributed by atoms with Gasteiger partial charge in [-0.1, -0.05) is 6.58 Å². The van der Waals surface area contributed by atoms with Gasteiger partial charge >= 0.3 is 0 Å². The van der Waals surface area contributed by atoms with Gasteiger partial charge in [-0.3, -0.25) is 9.79 Å². The van der Waals surface area contributed by atoms with Crippen LogP contribution in [0.2, 0.25) is 0 Å². The third kappa shape index (κ3) is 3.22. The number of rotatable bonds is 3. The van der Waals surface area contributed by atoms with Gasteiger partial charge in [-0.25, -0.2) is 0 Å². The highest BCUT2D eigenvalue weighted by Crippen LogP contribution is 1.89. The van der Waals surface area contributed by atoms with Gasteiger partial charge in [0.15, 0.2) is 0 Å². The van der Waals surface area contributed by atoms with Crippen LogP contribution in [0, 0.1) is 0 Å². The monoisotopic (exact) mass is 124 g/mol. The molecule has 0 saturated heterocycles. The number of carbonyl (C=O) groups is 1. The van der Waals surface area contributed by atoms with Crippen molar-refractivity contribution in [3.8, 4) is 0 Å². The molecule has 0 bridgehead atoms. The Labute approximate surface area is 53.6 Å². The van der Waals surface area contributed by atoms with Gasteiger partial charge in [0.05, 0.1) is 0 Å². The Balaban J connectivity index is 3.92. The highest BCUT2D eigenvalue weighted by Gasteiger charge is 1.92. The van der Waals surface area contributed by atoms with Gasteiger partial charge in [-0.15, -0.1) is 0 Å². The number of carbonyl (C=O) groups excluding carboxylic acids is 1. The maximum atomic E-state index is 10.2. The molecular weight excluding hydrogens is 116 g/mol. The lowest BCUT2D eigenvalue weighted by molar-refractivity contribution is -0.114. The van der Waals surface area contributed by atoms with Crippen molar-refractivity contribution in [3.05, 3.63) is 24.4 Å². The van der Waals surface area contributed by atoms with Crippen LogP contribution in [0.4, 0.5) is 0 Å². The summed E-state index contributed by atoms with van der Waals surface area (Å²) in [6, 6.07) is 0. The third-order valence-corrected chi connectivity index (χ3v) is 0.698. The van der Waals surface area contributed by atoms with Gasteiger partial charge in [0.2, 0.25) is 5.91 Å². The Morgan fingerprint density at radius 3 is 2.56 bits per heavy atom. The van der Waals surface area contributed by atoms with Gasteiger partial charge < -0.3 is 5.73 Å². The predicted octanol–water partition coefficient (Wildman–Crippen LogP) is 0.242. The summed E-state index contributed by atoms with van der Waals surface area (Å²) in [4.78, 5) is 13.6. The molecule has 0 aliphatic rings. The van der Waals surface area contributed by atoms with E-state index in [0.717, 1.165) is 0 Å². The molecule has 0 atom stereocenters. The van der Waals surface area contributed by atoms with E-state index in [1.807, 2.05) is 0 Å². The van der Waals surface area contributed by atoms with E-state index >= 15 is 0 Å². The zero-order valence-electron chi connectivity index (χ0n) is 5.00. The molecule has 0 rings (SSSR count). The van der Waals surface area contributed by atoms with Crippen molar-refractivity contribution in [1.82, 2.24) is 0 Å². The summed E-state index contributed by atoms with van der Waals surface area (Å²) in [7, 11) is 0. The van der Waals surface area contributed by atoms with Gasteiger partial charge in [0.1, 0.15) is 0 Å². The van der Waals surface area contributed by atoms with E-state index < -0.39 is 5.91 Å². The van der Waals surface area contributed by atoms with Crippen molar-refractivity contribution in [2.45, 2.75) is 0 Å². The number of amides is 1. The second-order valence-corrected chi connectivity index (χ2v) is 1.39. The summed E-state index contributed by atoms with van der Waals surface area (Å²) >= 11 is 0. The Hall–Kier alpha value is -1.38. The lowest BCUT2D eigenvalue weighted by Gasteiger charge is -1.86. The van der Waals surface area contributed by atoms with Crippen LogP contribution in [-0.2, 0) is 4.79 Å². The first-order valence-electron chi connectivity index (χ1n) is 2.29. The fourth-order valence-corrected chi connectivity index (χ4v) is 0.225. The van der Waals surface area contributed by atoms with E-state index in [0.29, 0.717) is 0 Å². The molecule has 1 amide bonds. The molecule has 0 spiro atoms. The highest BCUT2D eigenvalue weighted by atomic mass is 16.1. The van der Waals surface area contributed by atoms with E-state index in [1.54, 1.807) is 0 Å². The van der Waals surface area contributed by atoms with Crippen LogP contribution in [0.3, 0.4) is 0 Å². The summed E-state index contributed by atoms with van der Waals surface area (Å²) in [5.41, 5.74) is 5.05. The molecule has 3 heteroatoms. The molecule has 3 nitrogen and oxygen atoms in total. The molecule has 0 saturated carbocycles. The Morgan fingerprint density at radius 2 is 2.22 bits per heavy atom. The fourth-order valence-electron chi connectivity index (χ4n) is 0.225. The van der Waals surface area contributed by atoms with Crippen molar-refractivity contribution < 1.29 is 4.79 Å². The fraction of sp³-hybridized carbons (Fsp3) is 0. The summed E-state index contributed by atoms with van der Waals surface area (Å²) in [5, 5.41) is 0. The van der Waals surface area contributed by atoms with Crippen molar-refractivity contribution in [1.29, 1.82) is 0 Å². The van der Waals surface area contributed by atoms with Gasteiger partial charge in [0.25, 0.3) is 0 Å². The third-order valence-electron chi connectivity index (χ3n) is 0.698. The van der Waals surface area contributed by atoms with Crippen molar-refractivity contribution in [2.24, 2.45) is 10.7 Å². The molecule has 0 radical (unpaired) electrons. The minimum absolute atomic E-state index is 0.224. The van der Waals surface area contributed by atoms with Gasteiger partial charge in [-0.05, 0) is 12.8 Å². The number of hydrogen-bond donors (Lipinski definition) is 1. The number of aliphatic imine (C=N–C) groups is 1. The first-order chi connectivity index (χ1) is 4.18. The largest absolute Gasteiger partial charge is 0.366 e. The quantitative estimate of drug-likeness (QED) is 0.327. The van der Waals surface area contributed by atoms with Gasteiger partial charge in [0, 0.05) is 11.8 Å². The molecule has 0 heterocycles. The van der Waals surface area contributed by atoms with Crippen LogP contribution in [0.1, 0.15) is 0 Å². The Bertz CT molecular complexity index is 170. The molecule has 0 aliphatic carbocycles. The summed E-state index contributed by atoms with van der Waals surface area (Å²) in [5.74, 6) is -0.546. The first-order valence-corrected chi connectivity index (χ1v) is 2.29. The van der Waals surface area contributed by atoms with Gasteiger partial charge in [-0.2, -0.15) is 0 Å². The van der Waals surface area contributed by atoms with Crippen LogP contribution < -0.4 is 5.73 Å². The van der Waals surface area contributed by atoms with E-state index in [2.05, 4.69) is 18.3 Å². The number of primary amides is 1. The van der Waals surface area contributed by atoms with Crippen LogP contribution in [0.15, 0.2) is 29.4 Å². The molecular formula is C6H8N2O. The average molecular weight is 124 g/mol. The molecule has 48 valence electrons. The molecule has 0 aromatic carbocycles. The minimum Gasteiger partial charge on any atom is -0.366 e. The molecule has 0 aromatic rings. The summed E-state index contributed by atoms with van der Waals surface area (Å²) in [6.45, 7) is 6.50. The Kier molecular flexibility index (Phi) is 3.05. The maximum absolute atomic E-state index is 10.2. The van der Waals surface area contributed by atoms with E-state index in [1.165, 1.54) is 12.3 Å². The topological polar surface area (TPSA) is 55.4 Å². The Morgan fingerprint density at radius 1 is 1.67 bits per heavy atom. The molecule has 0 fully saturated rings. The zero-order chi connectivity index (χ0) is 7.28. The van der Waals surface area contributed by atoms with E-state index in [9.17, 15) is 4.79 Å². The number of nitrogens with zero attached hydrogens (tertiary/aromatic N) is 1. The number of nitrogens with two attached hydrogens (primary N) is 1. The normalized spacial score (nSPS) is 9.33. The molecule has 9 heavy (non-hydrogen) atoms. The van der Waals surface area contributed by atoms with E-state index in [4.69, 9.17) is 5.73 Å². The van der Waals surface area contributed by atoms with Crippen molar-refractivity contribution >= 4 is 12.6 Å². The van der Waals surface area contributed by atoms with E-state index in [-0.39, 0.29) is 5.57 Å². The van der Waals surface area contributed by atoms with Crippen LogP contribution >= 0.6 is 0 Å². The van der Waals surface area contributed by atoms with Crippen molar-refractivity contribution in [2.75, 3.05) is 0 Å². The van der Waals surface area contributed by atoms with Crippen LogP contribution in [-0.4, -0.2) is 12.6 Å². The summed E-state index contributed by atoms with van der Waals surface area (Å²) < 4.78 is 0. The van der Waals surface area contributed by atoms with Crippen LogP contribution in [0.5, 0.6) is 0 Å². The zero-order valence-corrected chi connectivity index (χ0v) is 5.00. The summed E-state index contributed by atoms with van der Waals surface area (Å²) in [6.07, 6.45) is 2.75. The standard InChI is InChI=1S/C6H8N2O/c1-5(6(7)9)3-4-8-2/h3-4H,1-2H2,(H2,7,9)/b4-3-. The van der Waals surface area contributed by atoms with Crippen molar-refractivity contribution in [3.63, 3.8) is 0 Å². The molecule has 2 N–H and O–H groups in total.